The molecule has 6 aromatic rings. The topological polar surface area (TPSA) is 323 Å². The Balaban J connectivity index is 0.000000140. The average molecular weight is 1490 g/mol. The van der Waals surface area contributed by atoms with Crippen molar-refractivity contribution in [3.8, 4) is 0 Å². The first-order valence-corrected chi connectivity index (χ1v) is 38.9. The number of amides is 7. The maximum atomic E-state index is 13.0. The van der Waals surface area contributed by atoms with Crippen LogP contribution in [0.1, 0.15) is 186 Å². The normalized spacial score (nSPS) is 22.2. The minimum atomic E-state index is -0.676. The van der Waals surface area contributed by atoms with Crippen molar-refractivity contribution in [3.05, 3.63) is 103 Å². The number of carbonyl (C=O) groups excluding carboxylic acids is 9. The van der Waals surface area contributed by atoms with Gasteiger partial charge >= 0.3 is 29.1 Å². The van der Waals surface area contributed by atoms with E-state index in [1.807, 2.05) is 82.8 Å². The Labute approximate surface area is 629 Å². The lowest BCUT2D eigenvalue weighted by molar-refractivity contribution is -0.162. The average Bonchev–Trinajstić information content (AvgIpc) is 1.55. The molecule has 9 aliphatic rings. The summed E-state index contributed by atoms with van der Waals surface area (Å²) in [5.74, 6) is -1.97. The summed E-state index contributed by atoms with van der Waals surface area (Å²) in [7, 11) is 5.12. The van der Waals surface area contributed by atoms with Gasteiger partial charge in [0.2, 0.25) is 35.4 Å². The molecule has 15 rings (SSSR count). The molecular formula is C80H110N14O14. The zero-order chi connectivity index (χ0) is 77.2. The molecule has 11 heterocycles. The van der Waals surface area contributed by atoms with E-state index in [0.29, 0.717) is 59.4 Å². The van der Waals surface area contributed by atoms with Gasteiger partial charge in [0.25, 0.3) is 0 Å². The molecule has 5 N–H and O–H groups in total. The molecule has 584 valence electrons. The van der Waals surface area contributed by atoms with Crippen LogP contribution in [0.4, 0.5) is 4.79 Å². The molecule has 3 unspecified atom stereocenters. The number of aryl methyl sites for hydroxylation is 6. The number of hydrogen-bond acceptors (Lipinski definition) is 18. The smallest absolute Gasteiger partial charge is 0.410 e. The molecule has 3 atom stereocenters. The molecule has 1 saturated carbocycles. The van der Waals surface area contributed by atoms with Crippen molar-refractivity contribution >= 4 is 86.9 Å². The first kappa shape index (κ1) is 78.7. The van der Waals surface area contributed by atoms with E-state index in [4.69, 9.17) is 9.47 Å². The number of carbonyl (C=O) groups is 9. The van der Waals surface area contributed by atoms with Gasteiger partial charge in [0, 0.05) is 99.2 Å². The molecule has 28 nitrogen and oxygen atoms in total. The Morgan fingerprint density at radius 3 is 1.20 bits per heavy atom. The van der Waals surface area contributed by atoms with Gasteiger partial charge in [0.05, 0.1) is 39.0 Å². The van der Waals surface area contributed by atoms with E-state index in [1.165, 1.54) is 58.0 Å². The summed E-state index contributed by atoms with van der Waals surface area (Å²) in [6.07, 6.45) is 16.5. The van der Waals surface area contributed by atoms with Crippen LogP contribution in [0, 0.1) is 22.2 Å². The Morgan fingerprint density at radius 2 is 0.852 bits per heavy atom. The number of rotatable bonds is 15. The van der Waals surface area contributed by atoms with Crippen LogP contribution in [0.2, 0.25) is 0 Å². The highest BCUT2D eigenvalue weighted by molar-refractivity contribution is 6.01. The third-order valence-electron chi connectivity index (χ3n) is 23.6. The number of aldehydes is 1. The van der Waals surface area contributed by atoms with E-state index < -0.39 is 41.4 Å². The molecule has 8 aliphatic heterocycles. The molecule has 0 radical (unpaired) electrons. The zero-order valence-corrected chi connectivity index (χ0v) is 64.5. The van der Waals surface area contributed by atoms with Crippen LogP contribution >= 0.6 is 0 Å². The third kappa shape index (κ3) is 17.7. The summed E-state index contributed by atoms with van der Waals surface area (Å²) in [4.78, 5) is 151. The van der Waals surface area contributed by atoms with Crippen molar-refractivity contribution < 1.29 is 52.6 Å². The summed E-state index contributed by atoms with van der Waals surface area (Å²) in [5, 5.41) is 13.8. The minimum Gasteiger partial charge on any atom is -0.460 e. The summed E-state index contributed by atoms with van der Waals surface area (Å²) in [6.45, 7) is 24.4. The second-order valence-corrected chi connectivity index (χ2v) is 34.0. The summed E-state index contributed by atoms with van der Waals surface area (Å²) in [5.41, 5.74) is 7.68. The van der Waals surface area contributed by atoms with Crippen LogP contribution in [0.25, 0.3) is 33.1 Å². The van der Waals surface area contributed by atoms with Crippen LogP contribution in [0.3, 0.4) is 0 Å². The quantitative estimate of drug-likeness (QED) is 0.0442. The molecule has 1 aliphatic carbocycles. The number of ether oxygens (including phenoxy) is 2. The first-order valence-electron chi connectivity index (χ1n) is 38.9. The number of benzene rings is 3. The SMILES string of the molecule is CC(C)(C)OC(=O)C1CCC2(CC1)CNC2.Cn1c(=O)n(C2CCC(=O)NC2=O)c2ccc(CCC=O)cc21.Cn1c(=O)n(C2CCC(=O)NC2=O)c2ccc(CCCN3CC4(CCN(C(=O)OC(C)(C)C)CC4)C3)cc21.Cn1c(=O)n(C2CCC(=O)NC2=O)c2ccc(CCCN3CC4(CCNCC4)C3)cc21. The summed E-state index contributed by atoms with van der Waals surface area (Å²) < 4.78 is 20.2. The Hall–Kier alpha value is -8.86. The van der Waals surface area contributed by atoms with Gasteiger partial charge < -0.3 is 39.6 Å². The number of piperidine rings is 5. The van der Waals surface area contributed by atoms with Gasteiger partial charge in [-0.1, -0.05) is 18.2 Å². The molecule has 9 fully saturated rings. The van der Waals surface area contributed by atoms with Crippen LogP contribution < -0.4 is 43.7 Å². The maximum Gasteiger partial charge on any atom is 0.410 e. The number of aromatic nitrogens is 6. The summed E-state index contributed by atoms with van der Waals surface area (Å²) in [6, 6.07) is 15.6. The fourth-order valence-electron chi connectivity index (χ4n) is 17.5. The van der Waals surface area contributed by atoms with Crippen LogP contribution in [-0.2, 0) is 88.2 Å². The van der Waals surface area contributed by atoms with Gasteiger partial charge in [-0.25, -0.2) is 19.2 Å². The highest BCUT2D eigenvalue weighted by Gasteiger charge is 2.47. The van der Waals surface area contributed by atoms with Crippen LogP contribution in [0.15, 0.2) is 69.0 Å². The lowest BCUT2D eigenvalue weighted by Gasteiger charge is -2.54. The van der Waals surface area contributed by atoms with Gasteiger partial charge in [-0.05, 0) is 240 Å². The van der Waals surface area contributed by atoms with Crippen molar-refractivity contribution in [1.29, 1.82) is 0 Å². The number of likely N-dealkylation sites (tertiary alicyclic amines) is 3. The van der Waals surface area contributed by atoms with Gasteiger partial charge in [0.15, 0.2) is 0 Å². The second-order valence-electron chi connectivity index (χ2n) is 34.0. The standard InChI is InChI=1S/C28H39N5O5.C23H31N5O3.C16H17N3O4.C13H23NO2/c1-27(2,3)38-26(37)32-14-11-28(12-15-32)17-31(18-28)13-5-6-19-7-8-20-22(16-19)30(4)25(36)33(20)21-9-10-23(34)29-24(21)35;1-26-19-13-16(3-2-12-27-14-23(15-27)8-10-24-11-9-23)4-5-17(19)28(22(26)31)18-6-7-20(29)25-21(18)30;1-18-13-9-10(3-2-8-20)4-5-11(13)19(16(18)23)12-6-7-14(21)17-15(12)22;1-12(2,3)16-11(15)10-4-6-13(7-5-10)8-14-9-13/h7-8,16,21H,5-6,9-15,17-18H2,1-4H3,(H,29,34,35);4-5,13,18,24H,2-3,6-12,14-15H2,1H3,(H,25,29,30);4-5,8-9,12H,2-3,6-7H2,1H3,(H,17,21,22);10,14H,4-9H2,1-3H3. The largest absolute Gasteiger partial charge is 0.460 e. The van der Waals surface area contributed by atoms with Crippen molar-refractivity contribution in [2.24, 2.45) is 43.3 Å². The number of hydrogen-bond donors (Lipinski definition) is 5. The molecule has 3 spiro atoms. The number of imide groups is 3. The van der Waals surface area contributed by atoms with Crippen LogP contribution in [0.5, 0.6) is 0 Å². The first-order chi connectivity index (χ1) is 51.3. The molecular weight excluding hydrogens is 1380 g/mol. The van der Waals surface area contributed by atoms with E-state index in [2.05, 4.69) is 48.5 Å². The lowest BCUT2D eigenvalue weighted by atomic mass is 9.67. The molecule has 7 amide bonds. The van der Waals surface area contributed by atoms with Crippen molar-refractivity contribution in [1.82, 2.24) is 68.7 Å². The predicted octanol–water partition coefficient (Wildman–Crippen LogP) is 6.08. The van der Waals surface area contributed by atoms with Gasteiger partial charge in [-0.15, -0.1) is 0 Å². The Bertz CT molecular complexity index is 4590. The summed E-state index contributed by atoms with van der Waals surface area (Å²) >= 11 is 0. The van der Waals surface area contributed by atoms with E-state index >= 15 is 0 Å². The monoisotopic (exact) mass is 1490 g/mol. The van der Waals surface area contributed by atoms with E-state index in [1.54, 1.807) is 40.9 Å². The maximum absolute atomic E-state index is 13.0. The van der Waals surface area contributed by atoms with Crippen LogP contribution in [-0.4, -0.2) is 186 Å². The van der Waals surface area contributed by atoms with E-state index in [0.717, 1.165) is 156 Å². The fraction of sp³-hybridized carbons (Fsp3) is 0.625. The number of imidazole rings is 3. The molecule has 108 heavy (non-hydrogen) atoms. The van der Waals surface area contributed by atoms with Crippen molar-refractivity contribution in [3.63, 3.8) is 0 Å². The van der Waals surface area contributed by atoms with Gasteiger partial charge in [0.1, 0.15) is 35.6 Å². The molecule has 8 saturated heterocycles. The lowest BCUT2D eigenvalue weighted by Crippen LogP contribution is -2.61. The van der Waals surface area contributed by atoms with Crippen molar-refractivity contribution in [2.45, 2.75) is 199 Å². The molecule has 0 bridgehead atoms. The highest BCUT2D eigenvalue weighted by Crippen LogP contribution is 2.44. The second kappa shape index (κ2) is 32.4. The minimum absolute atomic E-state index is 0.00892. The predicted molar refractivity (Wildman–Crippen MR) is 407 cm³/mol. The highest BCUT2D eigenvalue weighted by atomic mass is 16.6. The Morgan fingerprint density at radius 1 is 0.472 bits per heavy atom. The van der Waals surface area contributed by atoms with Gasteiger partial charge in [-0.3, -0.25) is 76.9 Å². The third-order valence-corrected chi connectivity index (χ3v) is 23.6. The van der Waals surface area contributed by atoms with E-state index in [9.17, 15) is 57.5 Å². The Kier molecular flexibility index (Phi) is 23.6. The van der Waals surface area contributed by atoms with Gasteiger partial charge in [-0.2, -0.15) is 0 Å². The zero-order valence-electron chi connectivity index (χ0n) is 64.5. The van der Waals surface area contributed by atoms with E-state index in [-0.39, 0.29) is 77.6 Å². The fourth-order valence-corrected chi connectivity index (χ4v) is 17.5. The number of nitrogens with zero attached hydrogens (tertiary/aromatic N) is 9. The number of fused-ring (bicyclic) bond motifs is 3. The molecule has 3 aromatic carbocycles. The molecule has 3 aromatic heterocycles. The molecule has 28 heteroatoms. The van der Waals surface area contributed by atoms with Crippen molar-refractivity contribution in [2.75, 3.05) is 78.5 Å². The number of nitrogens with one attached hydrogen (secondary N) is 5. The number of esters is 1.